The number of fused-ring (bicyclic) bond motifs is 9. The fourth-order valence-electron chi connectivity index (χ4n) is 8.25. The first kappa shape index (κ1) is 28.0. The summed E-state index contributed by atoms with van der Waals surface area (Å²) in [7, 11) is 0. The highest BCUT2D eigenvalue weighted by atomic mass is 14.7. The van der Waals surface area contributed by atoms with Gasteiger partial charge in [-0.3, -0.25) is 0 Å². The van der Waals surface area contributed by atoms with Crippen LogP contribution in [0.15, 0.2) is 164 Å². The summed E-state index contributed by atoms with van der Waals surface area (Å²) >= 11 is 0. The van der Waals surface area contributed by atoms with Crippen LogP contribution in [0.2, 0.25) is 0 Å². The van der Waals surface area contributed by atoms with Crippen molar-refractivity contribution in [2.24, 2.45) is 0 Å². The van der Waals surface area contributed by atoms with E-state index >= 15 is 0 Å². The zero-order chi connectivity index (χ0) is 32.7. The van der Waals surface area contributed by atoms with Crippen molar-refractivity contribution in [1.82, 2.24) is 4.98 Å². The van der Waals surface area contributed by atoms with E-state index < -0.39 is 0 Å². The Kier molecular flexibility index (Phi) is 5.99. The molecule has 0 unspecified atom stereocenters. The van der Waals surface area contributed by atoms with Crippen LogP contribution in [0.25, 0.3) is 87.9 Å². The first-order chi connectivity index (χ1) is 24.0. The van der Waals surface area contributed by atoms with Crippen molar-refractivity contribution in [3.8, 4) is 44.6 Å². The van der Waals surface area contributed by atoms with Crippen LogP contribution in [0.3, 0.4) is 0 Å². The molecule has 0 radical (unpaired) electrons. The molecule has 230 valence electrons. The Morgan fingerprint density at radius 2 is 0.959 bits per heavy atom. The van der Waals surface area contributed by atoms with Crippen LogP contribution >= 0.6 is 0 Å². The molecular formula is C48H33N. The number of nitrogens with zero attached hydrogens (tertiary/aromatic N) is 1. The summed E-state index contributed by atoms with van der Waals surface area (Å²) < 4.78 is 0. The predicted molar refractivity (Wildman–Crippen MR) is 208 cm³/mol. The Hall–Kier alpha value is -6.05. The molecule has 1 heterocycles. The zero-order valence-electron chi connectivity index (χ0n) is 27.5. The largest absolute Gasteiger partial charge is 0.247 e. The van der Waals surface area contributed by atoms with Gasteiger partial charge in [-0.1, -0.05) is 153 Å². The minimum absolute atomic E-state index is 0.0514. The van der Waals surface area contributed by atoms with Gasteiger partial charge in [-0.2, -0.15) is 0 Å². The Morgan fingerprint density at radius 1 is 0.408 bits per heavy atom. The molecule has 0 amide bonds. The molecule has 0 aliphatic heterocycles. The smallest absolute Gasteiger partial charge is 0.0788 e. The molecule has 10 rings (SSSR count). The van der Waals surface area contributed by atoms with E-state index in [1.54, 1.807) is 0 Å². The lowest BCUT2D eigenvalue weighted by Crippen LogP contribution is -2.14. The average Bonchev–Trinajstić information content (AvgIpc) is 3.40. The number of hydrogen-bond acceptors (Lipinski definition) is 1. The van der Waals surface area contributed by atoms with E-state index in [9.17, 15) is 0 Å². The normalized spacial score (nSPS) is 13.3. The van der Waals surface area contributed by atoms with Crippen LogP contribution < -0.4 is 0 Å². The SMILES string of the molecule is CC1(C)c2ccccc2-c2c1ccc1c(-c3ccc(-c4ccc5cc(-c6ccc7ccccc7c6)ccc5c4)cc3)nc3ccccc3c21. The second kappa shape index (κ2) is 10.5. The third kappa shape index (κ3) is 4.29. The number of aromatic nitrogens is 1. The summed E-state index contributed by atoms with van der Waals surface area (Å²) in [5, 5.41) is 8.74. The molecule has 8 aromatic carbocycles. The molecule has 0 atom stereocenters. The van der Waals surface area contributed by atoms with Crippen LogP contribution in [0.4, 0.5) is 0 Å². The maximum absolute atomic E-state index is 5.28. The minimum Gasteiger partial charge on any atom is -0.247 e. The van der Waals surface area contributed by atoms with Crippen molar-refractivity contribution in [3.63, 3.8) is 0 Å². The summed E-state index contributed by atoms with van der Waals surface area (Å²) in [5.41, 5.74) is 13.5. The van der Waals surface area contributed by atoms with Crippen LogP contribution in [-0.2, 0) is 5.41 Å². The van der Waals surface area contributed by atoms with Crippen molar-refractivity contribution in [2.75, 3.05) is 0 Å². The maximum atomic E-state index is 5.28. The van der Waals surface area contributed by atoms with E-state index in [1.165, 1.54) is 82.2 Å². The van der Waals surface area contributed by atoms with Gasteiger partial charge >= 0.3 is 0 Å². The lowest BCUT2D eigenvalue weighted by atomic mass is 9.82. The standard InChI is InChI=1S/C48H33N/c1-48(2)42-13-7-5-11-39(42)46-43(48)26-25-41-45(46)40-12-6-8-14-44(40)49-47(41)32-18-15-31(16-19-32)34-21-22-37-29-38(24-23-36(37)28-34)35-20-17-30-9-3-4-10-33(30)27-35/h3-29H,1-2H3. The highest BCUT2D eigenvalue weighted by molar-refractivity contribution is 6.19. The van der Waals surface area contributed by atoms with Gasteiger partial charge in [0.05, 0.1) is 11.2 Å². The summed E-state index contributed by atoms with van der Waals surface area (Å²) in [6.45, 7) is 4.70. The fourth-order valence-corrected chi connectivity index (χ4v) is 8.25. The number of rotatable bonds is 3. The second-order valence-corrected chi connectivity index (χ2v) is 14.0. The number of para-hydroxylation sites is 1. The summed E-state index contributed by atoms with van der Waals surface area (Å²) in [6, 6.07) is 60.0. The molecule has 0 spiro atoms. The lowest BCUT2D eigenvalue weighted by molar-refractivity contribution is 0.661. The molecule has 0 N–H and O–H groups in total. The second-order valence-electron chi connectivity index (χ2n) is 14.0. The lowest BCUT2D eigenvalue weighted by Gasteiger charge is -2.22. The summed E-state index contributed by atoms with van der Waals surface area (Å²) in [5.74, 6) is 0. The van der Waals surface area contributed by atoms with Crippen molar-refractivity contribution in [1.29, 1.82) is 0 Å². The highest BCUT2D eigenvalue weighted by Crippen LogP contribution is 2.53. The molecule has 1 heteroatoms. The molecular weight excluding hydrogens is 591 g/mol. The summed E-state index contributed by atoms with van der Waals surface area (Å²) in [6.07, 6.45) is 0. The van der Waals surface area contributed by atoms with Gasteiger partial charge in [0, 0.05) is 27.1 Å². The first-order valence-electron chi connectivity index (χ1n) is 17.1. The molecule has 0 saturated heterocycles. The predicted octanol–water partition coefficient (Wildman–Crippen LogP) is 13.0. The van der Waals surface area contributed by atoms with E-state index in [0.29, 0.717) is 0 Å². The van der Waals surface area contributed by atoms with E-state index in [2.05, 4.69) is 178 Å². The third-order valence-corrected chi connectivity index (χ3v) is 10.8. The van der Waals surface area contributed by atoms with Crippen molar-refractivity contribution < 1.29 is 0 Å². The van der Waals surface area contributed by atoms with Crippen molar-refractivity contribution in [3.05, 3.63) is 175 Å². The van der Waals surface area contributed by atoms with E-state index in [4.69, 9.17) is 4.98 Å². The van der Waals surface area contributed by atoms with Crippen molar-refractivity contribution >= 4 is 43.2 Å². The minimum atomic E-state index is -0.0514. The topological polar surface area (TPSA) is 12.9 Å². The Bertz CT molecular complexity index is 2780. The Balaban J connectivity index is 1.05. The number of pyridine rings is 1. The maximum Gasteiger partial charge on any atom is 0.0788 e. The summed E-state index contributed by atoms with van der Waals surface area (Å²) in [4.78, 5) is 5.28. The molecule has 0 saturated carbocycles. The molecule has 1 nitrogen and oxygen atoms in total. The molecule has 1 aromatic heterocycles. The fraction of sp³-hybridized carbons (Fsp3) is 0.0625. The van der Waals surface area contributed by atoms with Crippen LogP contribution in [0.5, 0.6) is 0 Å². The first-order valence-corrected chi connectivity index (χ1v) is 17.1. The Morgan fingerprint density at radius 3 is 1.71 bits per heavy atom. The number of benzene rings is 8. The van der Waals surface area contributed by atoms with Gasteiger partial charge in [-0.15, -0.1) is 0 Å². The van der Waals surface area contributed by atoms with Gasteiger partial charge in [0.2, 0.25) is 0 Å². The highest BCUT2D eigenvalue weighted by Gasteiger charge is 2.36. The quantitative estimate of drug-likeness (QED) is 0.178. The van der Waals surface area contributed by atoms with Gasteiger partial charge in [0.1, 0.15) is 0 Å². The third-order valence-electron chi connectivity index (χ3n) is 10.8. The molecule has 1 aliphatic carbocycles. The molecule has 0 bridgehead atoms. The number of hydrogen-bond donors (Lipinski definition) is 0. The van der Waals surface area contributed by atoms with Crippen molar-refractivity contribution in [2.45, 2.75) is 19.3 Å². The van der Waals surface area contributed by atoms with E-state index in [0.717, 1.165) is 16.8 Å². The van der Waals surface area contributed by atoms with Crippen LogP contribution in [0, 0.1) is 0 Å². The molecule has 49 heavy (non-hydrogen) atoms. The van der Waals surface area contributed by atoms with Gasteiger partial charge in [0.15, 0.2) is 0 Å². The Labute approximate surface area is 286 Å². The van der Waals surface area contributed by atoms with Gasteiger partial charge in [-0.05, 0) is 90.3 Å². The molecule has 1 aliphatic rings. The monoisotopic (exact) mass is 623 g/mol. The van der Waals surface area contributed by atoms with Gasteiger partial charge in [0.25, 0.3) is 0 Å². The van der Waals surface area contributed by atoms with Crippen LogP contribution in [0.1, 0.15) is 25.0 Å². The van der Waals surface area contributed by atoms with E-state index in [-0.39, 0.29) is 5.41 Å². The zero-order valence-corrected chi connectivity index (χ0v) is 27.5. The van der Waals surface area contributed by atoms with Gasteiger partial charge in [-0.25, -0.2) is 4.98 Å². The van der Waals surface area contributed by atoms with E-state index in [1.807, 2.05) is 0 Å². The molecule has 9 aromatic rings. The van der Waals surface area contributed by atoms with Crippen LogP contribution in [-0.4, -0.2) is 4.98 Å². The molecule has 0 fully saturated rings. The average molecular weight is 624 g/mol. The van der Waals surface area contributed by atoms with Gasteiger partial charge < -0.3 is 0 Å².